The highest BCUT2D eigenvalue weighted by Gasteiger charge is 2.43. The van der Waals surface area contributed by atoms with E-state index in [2.05, 4.69) is 15.9 Å². The van der Waals surface area contributed by atoms with Crippen molar-refractivity contribution in [3.8, 4) is 0 Å². The largest absolute Gasteiger partial charge is 0.466 e. The van der Waals surface area contributed by atoms with Gasteiger partial charge < -0.3 is 14.7 Å². The SMILES string of the molecule is CCOC(=O)CC1(O)CN(Cc2ccc(Cl)cc2Cl)C(=O)N(c2ccc(Br)cc2)C1. The van der Waals surface area contributed by atoms with Crippen molar-refractivity contribution >= 4 is 56.8 Å². The van der Waals surface area contributed by atoms with Gasteiger partial charge >= 0.3 is 12.0 Å². The molecule has 1 N–H and O–H groups in total. The van der Waals surface area contributed by atoms with Gasteiger partial charge in [-0.2, -0.15) is 0 Å². The molecule has 2 aromatic rings. The number of ether oxygens (including phenoxy) is 1. The van der Waals surface area contributed by atoms with Crippen LogP contribution in [0, 0.1) is 0 Å². The minimum absolute atomic E-state index is 0.0306. The Hall–Kier alpha value is -1.80. The van der Waals surface area contributed by atoms with Gasteiger partial charge in [0.25, 0.3) is 0 Å². The summed E-state index contributed by atoms with van der Waals surface area (Å²) in [4.78, 5) is 28.3. The minimum Gasteiger partial charge on any atom is -0.466 e. The van der Waals surface area contributed by atoms with Crippen molar-refractivity contribution in [3.63, 3.8) is 0 Å². The molecule has 6 nitrogen and oxygen atoms in total. The van der Waals surface area contributed by atoms with Crippen molar-refractivity contribution in [1.82, 2.24) is 4.90 Å². The van der Waals surface area contributed by atoms with Crippen molar-refractivity contribution in [1.29, 1.82) is 0 Å². The van der Waals surface area contributed by atoms with E-state index in [1.165, 1.54) is 9.80 Å². The second kappa shape index (κ2) is 9.56. The Kier molecular flexibility index (Phi) is 7.29. The van der Waals surface area contributed by atoms with E-state index in [0.29, 0.717) is 21.3 Å². The highest BCUT2D eigenvalue weighted by Crippen LogP contribution is 2.31. The number of β-amino-alcohol motifs (C(OH)–C–C–N with tert-alkyl or cyclic N) is 1. The highest BCUT2D eigenvalue weighted by molar-refractivity contribution is 9.10. The summed E-state index contributed by atoms with van der Waals surface area (Å²) in [6.07, 6.45) is -0.230. The summed E-state index contributed by atoms with van der Waals surface area (Å²) < 4.78 is 5.88. The smallest absolute Gasteiger partial charge is 0.324 e. The lowest BCUT2D eigenvalue weighted by molar-refractivity contribution is -0.149. The third-order valence-electron chi connectivity index (χ3n) is 4.73. The second-order valence-corrected chi connectivity index (χ2v) is 8.90. The predicted octanol–water partition coefficient (Wildman–Crippen LogP) is 4.88. The van der Waals surface area contributed by atoms with Gasteiger partial charge in [-0.15, -0.1) is 0 Å². The number of amides is 2. The maximum atomic E-state index is 13.2. The van der Waals surface area contributed by atoms with Gasteiger partial charge in [-0.25, -0.2) is 4.79 Å². The normalized spacial score (nSPS) is 19.2. The molecule has 0 spiro atoms. The van der Waals surface area contributed by atoms with Crippen LogP contribution in [0.3, 0.4) is 0 Å². The maximum Gasteiger partial charge on any atom is 0.324 e. The highest BCUT2D eigenvalue weighted by atomic mass is 79.9. The molecule has 1 heterocycles. The van der Waals surface area contributed by atoms with E-state index in [0.717, 1.165) is 4.47 Å². The molecule has 2 amide bonds. The number of carbonyl (C=O) groups excluding carboxylic acids is 2. The molecule has 1 atom stereocenters. The quantitative estimate of drug-likeness (QED) is 0.556. The second-order valence-electron chi connectivity index (χ2n) is 7.14. The minimum atomic E-state index is -1.48. The molecular weight excluding hydrogens is 495 g/mol. The number of urea groups is 1. The summed E-state index contributed by atoms with van der Waals surface area (Å²) in [5.74, 6) is -0.519. The number of carbonyl (C=O) groups is 2. The van der Waals surface area contributed by atoms with Crippen LogP contribution in [0.4, 0.5) is 10.5 Å². The van der Waals surface area contributed by atoms with Crippen LogP contribution in [-0.4, -0.2) is 47.3 Å². The van der Waals surface area contributed by atoms with Gasteiger partial charge in [-0.1, -0.05) is 45.2 Å². The van der Waals surface area contributed by atoms with Crippen LogP contribution in [0.5, 0.6) is 0 Å². The summed E-state index contributed by atoms with van der Waals surface area (Å²) in [6.45, 7) is 2.02. The molecule has 0 saturated carbocycles. The third-order valence-corrected chi connectivity index (χ3v) is 5.85. The Morgan fingerprint density at radius 3 is 2.53 bits per heavy atom. The maximum absolute atomic E-state index is 13.2. The number of hydrogen-bond donors (Lipinski definition) is 1. The van der Waals surface area contributed by atoms with Crippen LogP contribution in [-0.2, 0) is 16.1 Å². The van der Waals surface area contributed by atoms with Gasteiger partial charge in [0.1, 0.15) is 5.60 Å². The summed E-state index contributed by atoms with van der Waals surface area (Å²) in [6, 6.07) is 11.9. The van der Waals surface area contributed by atoms with Gasteiger partial charge in [-0.05, 0) is 48.9 Å². The van der Waals surface area contributed by atoms with Crippen molar-refractivity contribution in [2.75, 3.05) is 24.6 Å². The topological polar surface area (TPSA) is 70.1 Å². The first-order valence-electron chi connectivity index (χ1n) is 9.35. The Balaban J connectivity index is 1.92. The number of rotatable bonds is 6. The van der Waals surface area contributed by atoms with E-state index >= 15 is 0 Å². The first kappa shape index (κ1) is 22.9. The Morgan fingerprint density at radius 1 is 1.20 bits per heavy atom. The molecule has 1 aliphatic heterocycles. The third kappa shape index (κ3) is 5.46. The molecule has 1 unspecified atom stereocenters. The number of aliphatic hydroxyl groups is 1. The molecule has 0 bridgehead atoms. The van der Waals surface area contributed by atoms with E-state index in [-0.39, 0.29) is 38.7 Å². The molecule has 1 fully saturated rings. The number of esters is 1. The molecule has 2 aromatic carbocycles. The molecule has 0 aliphatic carbocycles. The fourth-order valence-corrected chi connectivity index (χ4v) is 4.13. The summed E-state index contributed by atoms with van der Waals surface area (Å²) in [7, 11) is 0. The van der Waals surface area contributed by atoms with Crippen LogP contribution in [0.25, 0.3) is 0 Å². The van der Waals surface area contributed by atoms with Crippen LogP contribution < -0.4 is 4.90 Å². The van der Waals surface area contributed by atoms with E-state index < -0.39 is 11.6 Å². The van der Waals surface area contributed by atoms with Crippen molar-refractivity contribution < 1.29 is 19.4 Å². The summed E-state index contributed by atoms with van der Waals surface area (Å²) >= 11 is 15.6. The zero-order valence-electron chi connectivity index (χ0n) is 16.3. The van der Waals surface area contributed by atoms with Gasteiger partial charge in [0.2, 0.25) is 0 Å². The van der Waals surface area contributed by atoms with Crippen molar-refractivity contribution in [3.05, 3.63) is 62.5 Å². The lowest BCUT2D eigenvalue weighted by Crippen LogP contribution is -2.62. The molecule has 3 rings (SSSR count). The average molecular weight is 516 g/mol. The van der Waals surface area contributed by atoms with Crippen LogP contribution in [0.15, 0.2) is 46.9 Å². The van der Waals surface area contributed by atoms with Gasteiger partial charge in [0, 0.05) is 26.8 Å². The van der Waals surface area contributed by atoms with Gasteiger partial charge in [0.15, 0.2) is 0 Å². The molecule has 0 radical (unpaired) electrons. The number of anilines is 1. The standard InChI is InChI=1S/C21H21BrCl2N2O4/c1-2-30-19(27)10-21(29)12-25(11-14-3-6-16(23)9-18(14)24)20(28)26(13-21)17-7-4-15(22)5-8-17/h3-9,29H,2,10-13H2,1H3. The first-order chi connectivity index (χ1) is 14.2. The summed E-state index contributed by atoms with van der Waals surface area (Å²) in [5.41, 5.74) is -0.186. The monoisotopic (exact) mass is 514 g/mol. The fraction of sp³-hybridized carbons (Fsp3) is 0.333. The molecule has 0 aromatic heterocycles. The molecule has 160 valence electrons. The number of halogens is 3. The van der Waals surface area contributed by atoms with Crippen LogP contribution in [0.1, 0.15) is 18.9 Å². The van der Waals surface area contributed by atoms with Crippen molar-refractivity contribution in [2.24, 2.45) is 0 Å². The predicted molar refractivity (Wildman–Crippen MR) is 120 cm³/mol. The zero-order valence-corrected chi connectivity index (χ0v) is 19.4. The van der Waals surface area contributed by atoms with Gasteiger partial charge in [-0.3, -0.25) is 9.69 Å². The van der Waals surface area contributed by atoms with Gasteiger partial charge in [0.05, 0.1) is 26.1 Å². The number of benzene rings is 2. The first-order valence-corrected chi connectivity index (χ1v) is 10.9. The number of hydrogen-bond acceptors (Lipinski definition) is 4. The number of nitrogens with zero attached hydrogens (tertiary/aromatic N) is 2. The van der Waals surface area contributed by atoms with E-state index in [1.807, 2.05) is 12.1 Å². The van der Waals surface area contributed by atoms with E-state index in [1.54, 1.807) is 37.3 Å². The molecular formula is C21H21BrCl2N2O4. The fourth-order valence-electron chi connectivity index (χ4n) is 3.40. The molecule has 1 aliphatic rings. The van der Waals surface area contributed by atoms with Crippen LogP contribution in [0.2, 0.25) is 10.0 Å². The molecule has 9 heteroatoms. The lowest BCUT2D eigenvalue weighted by Gasteiger charge is -2.44. The Morgan fingerprint density at radius 2 is 1.90 bits per heavy atom. The Bertz CT molecular complexity index is 941. The summed E-state index contributed by atoms with van der Waals surface area (Å²) in [5, 5.41) is 12.1. The zero-order chi connectivity index (χ0) is 21.9. The van der Waals surface area contributed by atoms with E-state index in [9.17, 15) is 14.7 Å². The Labute approximate surface area is 193 Å². The molecule has 30 heavy (non-hydrogen) atoms. The molecule has 1 saturated heterocycles. The average Bonchev–Trinajstić information content (AvgIpc) is 2.67. The van der Waals surface area contributed by atoms with E-state index in [4.69, 9.17) is 27.9 Å². The van der Waals surface area contributed by atoms with Crippen molar-refractivity contribution in [2.45, 2.75) is 25.5 Å². The lowest BCUT2D eigenvalue weighted by atomic mass is 9.95. The van der Waals surface area contributed by atoms with Crippen LogP contribution >= 0.6 is 39.1 Å².